The second-order valence-corrected chi connectivity index (χ2v) is 4.86. The molecule has 0 aromatic heterocycles. The monoisotopic (exact) mass is 225 g/mol. The molecule has 3 heteroatoms. The lowest BCUT2D eigenvalue weighted by Gasteiger charge is -2.25. The van der Waals surface area contributed by atoms with Crippen molar-refractivity contribution in [2.24, 2.45) is 0 Å². The van der Waals surface area contributed by atoms with Crippen molar-refractivity contribution in [2.45, 2.75) is 44.7 Å². The second-order valence-electron chi connectivity index (χ2n) is 4.86. The summed E-state index contributed by atoms with van der Waals surface area (Å²) in [4.78, 5) is 0. The van der Waals surface area contributed by atoms with E-state index >= 15 is 0 Å². The predicted molar refractivity (Wildman–Crippen MR) is 60.1 cm³/mol. The molecular formula is C13H17F2N. The summed E-state index contributed by atoms with van der Waals surface area (Å²) in [5.74, 6) is -0.984. The zero-order valence-electron chi connectivity index (χ0n) is 9.52. The van der Waals surface area contributed by atoms with Gasteiger partial charge in [0.05, 0.1) is 0 Å². The van der Waals surface area contributed by atoms with Crippen molar-refractivity contribution in [2.75, 3.05) is 0 Å². The van der Waals surface area contributed by atoms with E-state index in [1.165, 1.54) is 25.0 Å². The van der Waals surface area contributed by atoms with E-state index in [9.17, 15) is 8.78 Å². The molecule has 1 aromatic rings. The minimum atomic E-state index is -0.520. The molecule has 0 amide bonds. The highest BCUT2D eigenvalue weighted by Gasteiger charge is 2.27. The van der Waals surface area contributed by atoms with Gasteiger partial charge in [-0.2, -0.15) is 0 Å². The average molecular weight is 225 g/mol. The van der Waals surface area contributed by atoms with Gasteiger partial charge in [-0.15, -0.1) is 0 Å². The van der Waals surface area contributed by atoms with Gasteiger partial charge in [0.2, 0.25) is 0 Å². The number of rotatable bonds is 3. The Morgan fingerprint density at radius 2 is 1.94 bits per heavy atom. The molecule has 0 bridgehead atoms. The molecule has 0 heterocycles. The van der Waals surface area contributed by atoms with Crippen LogP contribution in [0.2, 0.25) is 0 Å². The van der Waals surface area contributed by atoms with Crippen LogP contribution in [0.15, 0.2) is 18.2 Å². The SMILES string of the molecule is CC1(NCc2ccc(F)cc2F)CCCC1. The largest absolute Gasteiger partial charge is 0.307 e. The molecule has 0 saturated heterocycles. The predicted octanol–water partition coefficient (Wildman–Crippen LogP) is 3.39. The van der Waals surface area contributed by atoms with Gasteiger partial charge in [0.15, 0.2) is 0 Å². The quantitative estimate of drug-likeness (QED) is 0.831. The summed E-state index contributed by atoms with van der Waals surface area (Å²) < 4.78 is 26.1. The summed E-state index contributed by atoms with van der Waals surface area (Å²) in [7, 11) is 0. The molecule has 0 atom stereocenters. The van der Waals surface area contributed by atoms with Crippen LogP contribution >= 0.6 is 0 Å². The molecule has 16 heavy (non-hydrogen) atoms. The van der Waals surface area contributed by atoms with E-state index in [1.54, 1.807) is 0 Å². The lowest BCUT2D eigenvalue weighted by Crippen LogP contribution is -2.38. The van der Waals surface area contributed by atoms with Gasteiger partial charge in [0.25, 0.3) is 0 Å². The summed E-state index contributed by atoms with van der Waals surface area (Å²) in [6.07, 6.45) is 4.73. The fourth-order valence-electron chi connectivity index (χ4n) is 2.31. The molecule has 1 aliphatic carbocycles. The summed E-state index contributed by atoms with van der Waals surface area (Å²) in [5, 5.41) is 3.37. The van der Waals surface area contributed by atoms with Gasteiger partial charge >= 0.3 is 0 Å². The lowest BCUT2D eigenvalue weighted by atomic mass is 10.0. The number of halogens is 2. The molecule has 1 aromatic carbocycles. The molecule has 0 radical (unpaired) electrons. The van der Waals surface area contributed by atoms with Crippen molar-refractivity contribution in [3.05, 3.63) is 35.4 Å². The molecule has 1 aliphatic rings. The molecule has 0 aliphatic heterocycles. The van der Waals surface area contributed by atoms with E-state index < -0.39 is 11.6 Å². The van der Waals surface area contributed by atoms with Crippen LogP contribution in [-0.4, -0.2) is 5.54 Å². The summed E-state index contributed by atoms with van der Waals surface area (Å²) in [5.41, 5.74) is 0.662. The van der Waals surface area contributed by atoms with Gasteiger partial charge in [0.1, 0.15) is 11.6 Å². The third-order valence-corrected chi connectivity index (χ3v) is 3.43. The maximum absolute atomic E-state index is 13.4. The molecule has 1 N–H and O–H groups in total. The van der Waals surface area contributed by atoms with Crippen molar-refractivity contribution in [1.82, 2.24) is 5.32 Å². The smallest absolute Gasteiger partial charge is 0.130 e. The number of benzene rings is 1. The minimum absolute atomic E-state index is 0.126. The van der Waals surface area contributed by atoms with Gasteiger partial charge in [-0.3, -0.25) is 0 Å². The van der Waals surface area contributed by atoms with Gasteiger partial charge in [0, 0.05) is 23.7 Å². The molecule has 0 unspecified atom stereocenters. The lowest BCUT2D eigenvalue weighted by molar-refractivity contribution is 0.359. The number of hydrogen-bond donors (Lipinski definition) is 1. The molecule has 1 fully saturated rings. The normalized spacial score (nSPS) is 18.9. The van der Waals surface area contributed by atoms with Gasteiger partial charge in [-0.25, -0.2) is 8.78 Å². The van der Waals surface area contributed by atoms with E-state index in [2.05, 4.69) is 12.2 Å². The Morgan fingerprint density at radius 3 is 2.56 bits per heavy atom. The topological polar surface area (TPSA) is 12.0 Å². The van der Waals surface area contributed by atoms with Crippen molar-refractivity contribution >= 4 is 0 Å². The van der Waals surface area contributed by atoms with Crippen LogP contribution in [0.25, 0.3) is 0 Å². The zero-order valence-corrected chi connectivity index (χ0v) is 9.52. The third-order valence-electron chi connectivity index (χ3n) is 3.43. The van der Waals surface area contributed by atoms with Gasteiger partial charge in [-0.1, -0.05) is 18.9 Å². The minimum Gasteiger partial charge on any atom is -0.307 e. The highest BCUT2D eigenvalue weighted by Crippen LogP contribution is 2.29. The third kappa shape index (κ3) is 2.59. The summed E-state index contributed by atoms with van der Waals surface area (Å²) >= 11 is 0. The Balaban J connectivity index is 1.99. The Hall–Kier alpha value is -0.960. The van der Waals surface area contributed by atoms with Crippen molar-refractivity contribution in [1.29, 1.82) is 0 Å². The van der Waals surface area contributed by atoms with E-state index in [4.69, 9.17) is 0 Å². The standard InChI is InChI=1S/C13H17F2N/c1-13(6-2-3-7-13)16-9-10-4-5-11(14)8-12(10)15/h4-5,8,16H,2-3,6-7,9H2,1H3. The highest BCUT2D eigenvalue weighted by atomic mass is 19.1. The zero-order chi connectivity index (χ0) is 11.6. The average Bonchev–Trinajstić information content (AvgIpc) is 2.64. The number of nitrogens with one attached hydrogen (secondary N) is 1. The first-order valence-corrected chi connectivity index (χ1v) is 5.78. The van der Waals surface area contributed by atoms with E-state index in [-0.39, 0.29) is 5.54 Å². The van der Waals surface area contributed by atoms with Crippen molar-refractivity contribution in [3.63, 3.8) is 0 Å². The van der Waals surface area contributed by atoms with E-state index in [0.717, 1.165) is 18.9 Å². The second kappa shape index (κ2) is 4.50. The first-order chi connectivity index (χ1) is 7.59. The molecule has 88 valence electrons. The van der Waals surface area contributed by atoms with Crippen LogP contribution in [0.4, 0.5) is 8.78 Å². The fraction of sp³-hybridized carbons (Fsp3) is 0.538. The van der Waals surface area contributed by atoms with E-state index in [0.29, 0.717) is 12.1 Å². The maximum Gasteiger partial charge on any atom is 0.130 e. The van der Waals surface area contributed by atoms with Gasteiger partial charge in [-0.05, 0) is 25.8 Å². The van der Waals surface area contributed by atoms with Crippen molar-refractivity contribution in [3.8, 4) is 0 Å². The molecule has 0 spiro atoms. The van der Waals surface area contributed by atoms with Crippen molar-refractivity contribution < 1.29 is 8.78 Å². The number of hydrogen-bond acceptors (Lipinski definition) is 1. The first-order valence-electron chi connectivity index (χ1n) is 5.78. The van der Waals surface area contributed by atoms with Crippen LogP contribution in [0, 0.1) is 11.6 Å². The molecule has 1 saturated carbocycles. The Bertz CT molecular complexity index is 370. The fourth-order valence-corrected chi connectivity index (χ4v) is 2.31. The molecule has 2 rings (SSSR count). The molecular weight excluding hydrogens is 208 g/mol. The van der Waals surface area contributed by atoms with E-state index in [1.807, 2.05) is 0 Å². The highest BCUT2D eigenvalue weighted by molar-refractivity contribution is 5.18. The van der Waals surface area contributed by atoms with Crippen LogP contribution in [0.3, 0.4) is 0 Å². The Labute approximate surface area is 94.9 Å². The van der Waals surface area contributed by atoms with Gasteiger partial charge < -0.3 is 5.32 Å². The van der Waals surface area contributed by atoms with Crippen LogP contribution in [-0.2, 0) is 6.54 Å². The Morgan fingerprint density at radius 1 is 1.25 bits per heavy atom. The molecule has 1 nitrogen and oxygen atoms in total. The van der Waals surface area contributed by atoms with Crippen LogP contribution < -0.4 is 5.32 Å². The van der Waals surface area contributed by atoms with Crippen LogP contribution in [0.1, 0.15) is 38.2 Å². The van der Waals surface area contributed by atoms with Crippen LogP contribution in [0.5, 0.6) is 0 Å². The Kier molecular flexibility index (Phi) is 3.24. The maximum atomic E-state index is 13.4. The summed E-state index contributed by atoms with van der Waals surface area (Å²) in [6, 6.07) is 3.75. The first kappa shape index (κ1) is 11.5. The summed E-state index contributed by atoms with van der Waals surface area (Å²) in [6.45, 7) is 2.64.